The topological polar surface area (TPSA) is 0 Å². The van der Waals surface area contributed by atoms with E-state index in [0.29, 0.717) is 5.41 Å². The highest BCUT2D eigenvalue weighted by molar-refractivity contribution is 5.10. The zero-order valence-corrected chi connectivity index (χ0v) is 12.1. The molecule has 0 heteroatoms. The zero-order valence-electron chi connectivity index (χ0n) is 12.1. The lowest BCUT2D eigenvalue weighted by molar-refractivity contribution is 0.0927. The van der Waals surface area contributed by atoms with Gasteiger partial charge in [-0.15, -0.1) is 0 Å². The second-order valence-electron chi connectivity index (χ2n) is 6.88. The third-order valence-electron chi connectivity index (χ3n) is 5.26. The largest absolute Gasteiger partial charge is 0.0856 e. The van der Waals surface area contributed by atoms with Crippen molar-refractivity contribution in [2.24, 2.45) is 17.3 Å². The van der Waals surface area contributed by atoms with Gasteiger partial charge in [0.05, 0.1) is 0 Å². The second kappa shape index (κ2) is 5.00. The molecule has 2 aliphatic rings. The first-order chi connectivity index (χ1) is 8.00. The van der Waals surface area contributed by atoms with Crippen LogP contribution in [0.25, 0.3) is 0 Å². The summed E-state index contributed by atoms with van der Waals surface area (Å²) >= 11 is 0. The molecule has 2 rings (SSSR count). The van der Waals surface area contributed by atoms with Gasteiger partial charge in [-0.1, -0.05) is 37.1 Å². The fourth-order valence-electron chi connectivity index (χ4n) is 3.81. The molecule has 0 aromatic rings. The maximum atomic E-state index is 2.53. The summed E-state index contributed by atoms with van der Waals surface area (Å²) in [4.78, 5) is 0. The summed E-state index contributed by atoms with van der Waals surface area (Å²) in [6.45, 7) is 9.68. The molecular formula is C17H28. The van der Waals surface area contributed by atoms with E-state index in [1.54, 1.807) is 11.1 Å². The molecule has 0 fully saturated rings. The summed E-state index contributed by atoms with van der Waals surface area (Å²) in [5, 5.41) is 0. The summed E-state index contributed by atoms with van der Waals surface area (Å²) in [6, 6.07) is 0. The van der Waals surface area contributed by atoms with Crippen LogP contribution in [0.2, 0.25) is 0 Å². The Hall–Kier alpha value is -0.520. The molecule has 0 N–H and O–H groups in total. The minimum Gasteiger partial charge on any atom is -0.0856 e. The van der Waals surface area contributed by atoms with Gasteiger partial charge in [0.15, 0.2) is 0 Å². The van der Waals surface area contributed by atoms with Gasteiger partial charge in [0.1, 0.15) is 0 Å². The summed E-state index contributed by atoms with van der Waals surface area (Å²) in [5.41, 5.74) is 3.76. The standard InChI is InChI=1S/C17H28/c1-13-7-5-9-15(11-13)17(3,4)16-10-6-8-14(2)12-16/h7-8,15-16H,5-6,9-12H2,1-4H3. The van der Waals surface area contributed by atoms with E-state index in [2.05, 4.69) is 39.8 Å². The molecule has 0 radical (unpaired) electrons. The van der Waals surface area contributed by atoms with Crippen molar-refractivity contribution in [1.29, 1.82) is 0 Å². The van der Waals surface area contributed by atoms with E-state index >= 15 is 0 Å². The third kappa shape index (κ3) is 2.84. The molecule has 0 aliphatic heterocycles. The van der Waals surface area contributed by atoms with Gasteiger partial charge in [-0.25, -0.2) is 0 Å². The molecule has 0 aromatic carbocycles. The van der Waals surface area contributed by atoms with Crippen LogP contribution in [0.4, 0.5) is 0 Å². The van der Waals surface area contributed by atoms with Crippen LogP contribution in [0.15, 0.2) is 23.3 Å². The van der Waals surface area contributed by atoms with Crippen molar-refractivity contribution >= 4 is 0 Å². The van der Waals surface area contributed by atoms with Crippen LogP contribution in [-0.4, -0.2) is 0 Å². The van der Waals surface area contributed by atoms with Crippen LogP contribution in [0.5, 0.6) is 0 Å². The van der Waals surface area contributed by atoms with Crippen molar-refractivity contribution in [3.05, 3.63) is 23.3 Å². The van der Waals surface area contributed by atoms with Gasteiger partial charge in [-0.2, -0.15) is 0 Å². The van der Waals surface area contributed by atoms with Gasteiger partial charge in [0.2, 0.25) is 0 Å². The van der Waals surface area contributed by atoms with Gasteiger partial charge < -0.3 is 0 Å². The predicted molar refractivity (Wildman–Crippen MR) is 76.0 cm³/mol. The number of hydrogen-bond donors (Lipinski definition) is 0. The van der Waals surface area contributed by atoms with Crippen molar-refractivity contribution in [3.63, 3.8) is 0 Å². The van der Waals surface area contributed by atoms with Crippen molar-refractivity contribution in [3.8, 4) is 0 Å². The molecule has 0 saturated carbocycles. The maximum absolute atomic E-state index is 2.53. The van der Waals surface area contributed by atoms with Crippen LogP contribution in [0.3, 0.4) is 0 Å². The molecule has 0 heterocycles. The monoisotopic (exact) mass is 232 g/mol. The molecule has 2 atom stereocenters. The van der Waals surface area contributed by atoms with E-state index in [9.17, 15) is 0 Å². The van der Waals surface area contributed by atoms with Gasteiger partial charge in [0.25, 0.3) is 0 Å². The SMILES string of the molecule is CC1=CCCC(C(C)(C)C2CCC=C(C)C2)C1. The summed E-state index contributed by atoms with van der Waals surface area (Å²) < 4.78 is 0. The number of hydrogen-bond acceptors (Lipinski definition) is 0. The average molecular weight is 232 g/mol. The van der Waals surface area contributed by atoms with Crippen LogP contribution in [0.1, 0.15) is 66.2 Å². The van der Waals surface area contributed by atoms with Crippen LogP contribution in [-0.2, 0) is 0 Å². The Morgan fingerprint density at radius 3 is 1.65 bits per heavy atom. The molecule has 96 valence electrons. The summed E-state index contributed by atoms with van der Waals surface area (Å²) in [5.74, 6) is 1.81. The van der Waals surface area contributed by atoms with Crippen molar-refractivity contribution in [1.82, 2.24) is 0 Å². The van der Waals surface area contributed by atoms with Crippen LogP contribution < -0.4 is 0 Å². The molecule has 2 aliphatic carbocycles. The maximum Gasteiger partial charge on any atom is -0.0289 e. The highest BCUT2D eigenvalue weighted by atomic mass is 14.4. The molecule has 0 nitrogen and oxygen atoms in total. The van der Waals surface area contributed by atoms with E-state index in [1.165, 1.54) is 38.5 Å². The molecule has 0 aromatic heterocycles. The Labute approximate surface area is 107 Å². The normalized spacial score (nSPS) is 30.8. The number of allylic oxidation sites excluding steroid dienone is 4. The first-order valence-corrected chi connectivity index (χ1v) is 7.31. The van der Waals surface area contributed by atoms with Crippen molar-refractivity contribution in [2.45, 2.75) is 66.2 Å². The Bertz CT molecular complexity index is 298. The Kier molecular flexibility index (Phi) is 3.80. The van der Waals surface area contributed by atoms with Crippen LogP contribution >= 0.6 is 0 Å². The molecule has 2 unspecified atom stereocenters. The van der Waals surface area contributed by atoms with Crippen molar-refractivity contribution < 1.29 is 0 Å². The van der Waals surface area contributed by atoms with Crippen LogP contribution in [0, 0.1) is 17.3 Å². The second-order valence-corrected chi connectivity index (χ2v) is 6.88. The first kappa shape index (κ1) is 12.9. The predicted octanol–water partition coefficient (Wildman–Crippen LogP) is 5.51. The van der Waals surface area contributed by atoms with Gasteiger partial charge in [0, 0.05) is 0 Å². The number of rotatable bonds is 2. The minimum absolute atomic E-state index is 0.519. The Morgan fingerprint density at radius 2 is 1.29 bits per heavy atom. The molecule has 0 spiro atoms. The lowest BCUT2D eigenvalue weighted by Gasteiger charge is -2.44. The van der Waals surface area contributed by atoms with E-state index in [1.807, 2.05) is 0 Å². The lowest BCUT2D eigenvalue weighted by atomic mass is 9.61. The molecule has 0 bridgehead atoms. The van der Waals surface area contributed by atoms with Crippen molar-refractivity contribution in [2.75, 3.05) is 0 Å². The average Bonchev–Trinajstić information content (AvgIpc) is 2.29. The Morgan fingerprint density at radius 1 is 0.882 bits per heavy atom. The molecule has 0 amide bonds. The fourth-order valence-corrected chi connectivity index (χ4v) is 3.81. The van der Waals surface area contributed by atoms with Gasteiger partial charge >= 0.3 is 0 Å². The van der Waals surface area contributed by atoms with E-state index in [0.717, 1.165) is 11.8 Å². The Balaban J connectivity index is 2.07. The third-order valence-corrected chi connectivity index (χ3v) is 5.26. The fraction of sp³-hybridized carbons (Fsp3) is 0.765. The summed E-state index contributed by atoms with van der Waals surface area (Å²) in [7, 11) is 0. The van der Waals surface area contributed by atoms with E-state index < -0.39 is 0 Å². The lowest BCUT2D eigenvalue weighted by Crippen LogP contribution is -2.34. The van der Waals surface area contributed by atoms with Gasteiger partial charge in [-0.3, -0.25) is 0 Å². The highest BCUT2D eigenvalue weighted by Crippen LogP contribution is 2.48. The van der Waals surface area contributed by atoms with Gasteiger partial charge in [-0.05, 0) is 69.6 Å². The first-order valence-electron chi connectivity index (χ1n) is 7.31. The zero-order chi connectivity index (χ0) is 12.5. The molecule has 17 heavy (non-hydrogen) atoms. The molecule has 0 saturated heterocycles. The minimum atomic E-state index is 0.519. The quantitative estimate of drug-likeness (QED) is 0.551. The van der Waals surface area contributed by atoms with E-state index in [-0.39, 0.29) is 0 Å². The highest BCUT2D eigenvalue weighted by Gasteiger charge is 2.37. The smallest absolute Gasteiger partial charge is 0.0289 e. The summed E-state index contributed by atoms with van der Waals surface area (Å²) in [6.07, 6.45) is 13.0. The van der Waals surface area contributed by atoms with E-state index in [4.69, 9.17) is 0 Å². The molecular weight excluding hydrogens is 204 g/mol.